The topological polar surface area (TPSA) is 18.5 Å². The molecule has 2 heterocycles. The van der Waals surface area contributed by atoms with Crippen molar-refractivity contribution in [2.24, 2.45) is 0 Å². The van der Waals surface area contributed by atoms with Crippen LogP contribution in [-0.4, -0.2) is 18.3 Å². The molecule has 0 bridgehead atoms. The molecule has 4 heteroatoms. The number of hydrogen-bond donors (Lipinski definition) is 0. The van der Waals surface area contributed by atoms with E-state index in [0.717, 1.165) is 5.46 Å². The van der Waals surface area contributed by atoms with Crippen LogP contribution in [0.4, 0.5) is 0 Å². The predicted molar refractivity (Wildman–Crippen MR) is 158 cm³/mol. The highest BCUT2D eigenvalue weighted by Gasteiger charge is 2.51. The van der Waals surface area contributed by atoms with Crippen molar-refractivity contribution >= 4 is 44.1 Å². The number of hydrogen-bond acceptors (Lipinski definition) is 3. The Kier molecular flexibility index (Phi) is 5.80. The Bertz CT molecular complexity index is 1450. The minimum atomic E-state index is -0.368. The fraction of sp³-hybridized carbons (Fsp3) is 0.438. The zero-order valence-corrected chi connectivity index (χ0v) is 24.3. The molecule has 0 saturated carbocycles. The third-order valence-electron chi connectivity index (χ3n) is 8.03. The van der Waals surface area contributed by atoms with Crippen LogP contribution in [0.15, 0.2) is 54.6 Å². The molecule has 2 nitrogen and oxygen atoms in total. The lowest BCUT2D eigenvalue weighted by atomic mass is 9.77. The lowest BCUT2D eigenvalue weighted by molar-refractivity contribution is 0.00578. The molecule has 0 spiro atoms. The molecular formula is C32H39BO2S. The molecule has 0 radical (unpaired) electrons. The molecule has 1 saturated heterocycles. The smallest absolute Gasteiger partial charge is 0.399 e. The van der Waals surface area contributed by atoms with Gasteiger partial charge in [-0.05, 0) is 90.5 Å². The summed E-state index contributed by atoms with van der Waals surface area (Å²) >= 11 is 1.90. The number of rotatable bonds is 2. The Hall–Kier alpha value is -2.14. The molecule has 1 fully saturated rings. The van der Waals surface area contributed by atoms with Gasteiger partial charge in [-0.1, -0.05) is 71.9 Å². The zero-order chi connectivity index (χ0) is 26.3. The molecule has 5 rings (SSSR count). The van der Waals surface area contributed by atoms with Crippen LogP contribution in [0.2, 0.25) is 0 Å². The molecule has 0 atom stereocenters. The van der Waals surface area contributed by atoms with Gasteiger partial charge < -0.3 is 9.31 Å². The van der Waals surface area contributed by atoms with Gasteiger partial charge in [0.05, 0.1) is 11.2 Å². The quantitative estimate of drug-likeness (QED) is 0.258. The van der Waals surface area contributed by atoms with E-state index in [-0.39, 0.29) is 29.2 Å². The van der Waals surface area contributed by atoms with Gasteiger partial charge in [0.25, 0.3) is 0 Å². The predicted octanol–water partition coefficient (Wildman–Crippen LogP) is 8.62. The van der Waals surface area contributed by atoms with E-state index >= 15 is 0 Å². The van der Waals surface area contributed by atoms with E-state index in [1.54, 1.807) is 0 Å². The number of thiophene rings is 1. The maximum absolute atomic E-state index is 6.38. The maximum atomic E-state index is 6.38. The Morgan fingerprint density at radius 3 is 1.92 bits per heavy atom. The van der Waals surface area contributed by atoms with E-state index in [2.05, 4.69) is 124 Å². The summed E-state index contributed by atoms with van der Waals surface area (Å²) in [4.78, 5) is 0. The first-order valence-electron chi connectivity index (χ1n) is 13.0. The van der Waals surface area contributed by atoms with E-state index in [9.17, 15) is 0 Å². The molecular weight excluding hydrogens is 459 g/mol. The molecule has 3 aromatic carbocycles. The summed E-state index contributed by atoms with van der Waals surface area (Å²) in [5.74, 6) is 0. The van der Waals surface area contributed by atoms with Crippen LogP contribution in [0, 0.1) is 0 Å². The normalized spacial score (nSPS) is 17.9. The summed E-state index contributed by atoms with van der Waals surface area (Å²) < 4.78 is 15.4. The molecule has 36 heavy (non-hydrogen) atoms. The standard InChI is InChI=1S/C32H39BO2S/c1-29(2,3)21-14-15-27-25(17-21)26-19-22(30(4,5)6)18-24(28(26)36-27)20-12-11-13-23(16-20)33-34-31(7,8)32(9,10)35-33/h11-19H,1-10H3. The van der Waals surface area contributed by atoms with E-state index < -0.39 is 0 Å². The van der Waals surface area contributed by atoms with Gasteiger partial charge in [-0.25, -0.2) is 0 Å². The second-order valence-electron chi connectivity index (χ2n) is 13.4. The van der Waals surface area contributed by atoms with Gasteiger partial charge in [-0.2, -0.15) is 0 Å². The molecule has 1 aromatic heterocycles. The lowest BCUT2D eigenvalue weighted by Crippen LogP contribution is -2.41. The molecule has 4 aromatic rings. The van der Waals surface area contributed by atoms with Crippen molar-refractivity contribution in [1.82, 2.24) is 0 Å². The summed E-state index contributed by atoms with van der Waals surface area (Å²) in [6.07, 6.45) is 0. The van der Waals surface area contributed by atoms with Gasteiger partial charge in [0.15, 0.2) is 0 Å². The highest BCUT2D eigenvalue weighted by atomic mass is 32.1. The van der Waals surface area contributed by atoms with Crippen molar-refractivity contribution in [2.45, 2.75) is 91.3 Å². The van der Waals surface area contributed by atoms with Gasteiger partial charge in [-0.3, -0.25) is 0 Å². The van der Waals surface area contributed by atoms with Crippen LogP contribution in [0.25, 0.3) is 31.3 Å². The number of fused-ring (bicyclic) bond motifs is 3. The highest BCUT2D eigenvalue weighted by molar-refractivity contribution is 7.26. The van der Waals surface area contributed by atoms with E-state index in [4.69, 9.17) is 9.31 Å². The van der Waals surface area contributed by atoms with Gasteiger partial charge in [0.1, 0.15) is 0 Å². The Labute approximate surface area is 221 Å². The third-order valence-corrected chi connectivity index (χ3v) is 9.25. The van der Waals surface area contributed by atoms with Crippen molar-refractivity contribution < 1.29 is 9.31 Å². The van der Waals surface area contributed by atoms with Crippen LogP contribution in [0.3, 0.4) is 0 Å². The fourth-order valence-electron chi connectivity index (χ4n) is 4.82. The zero-order valence-electron chi connectivity index (χ0n) is 23.5. The largest absolute Gasteiger partial charge is 0.494 e. The van der Waals surface area contributed by atoms with Gasteiger partial charge in [0, 0.05) is 20.2 Å². The van der Waals surface area contributed by atoms with E-state index in [0.29, 0.717) is 0 Å². The van der Waals surface area contributed by atoms with E-state index in [1.165, 1.54) is 42.4 Å². The second-order valence-corrected chi connectivity index (χ2v) is 14.5. The van der Waals surface area contributed by atoms with Crippen LogP contribution in [0.5, 0.6) is 0 Å². The molecule has 1 aliphatic heterocycles. The molecule has 1 aliphatic rings. The summed E-state index contributed by atoms with van der Waals surface area (Å²) in [5.41, 5.74) is 5.73. The van der Waals surface area contributed by atoms with Gasteiger partial charge in [-0.15, -0.1) is 11.3 Å². The average Bonchev–Trinajstić information content (AvgIpc) is 3.24. The van der Waals surface area contributed by atoms with Crippen molar-refractivity contribution in [3.63, 3.8) is 0 Å². The monoisotopic (exact) mass is 498 g/mol. The lowest BCUT2D eigenvalue weighted by Gasteiger charge is -2.32. The minimum Gasteiger partial charge on any atom is -0.399 e. The summed E-state index contributed by atoms with van der Waals surface area (Å²) in [7, 11) is -0.368. The van der Waals surface area contributed by atoms with Crippen molar-refractivity contribution in [2.75, 3.05) is 0 Å². The van der Waals surface area contributed by atoms with Crippen LogP contribution < -0.4 is 5.46 Å². The van der Waals surface area contributed by atoms with Crippen molar-refractivity contribution in [1.29, 1.82) is 0 Å². The van der Waals surface area contributed by atoms with Crippen LogP contribution in [-0.2, 0) is 20.1 Å². The first-order chi connectivity index (χ1) is 16.6. The summed E-state index contributed by atoms with van der Waals surface area (Å²) in [6.45, 7) is 22.2. The van der Waals surface area contributed by atoms with Crippen molar-refractivity contribution in [3.05, 3.63) is 65.7 Å². The molecule has 0 unspecified atom stereocenters. The fourth-order valence-corrected chi connectivity index (χ4v) is 6.02. The van der Waals surface area contributed by atoms with Crippen LogP contribution in [0.1, 0.15) is 80.4 Å². The highest BCUT2D eigenvalue weighted by Crippen LogP contribution is 2.44. The Morgan fingerprint density at radius 1 is 0.694 bits per heavy atom. The van der Waals surface area contributed by atoms with Crippen LogP contribution >= 0.6 is 11.3 Å². The summed E-state index contributed by atoms with van der Waals surface area (Å²) in [5, 5.41) is 2.71. The number of benzene rings is 3. The average molecular weight is 499 g/mol. The molecule has 0 N–H and O–H groups in total. The minimum absolute atomic E-state index is 0.0438. The molecule has 188 valence electrons. The van der Waals surface area contributed by atoms with Gasteiger partial charge in [0.2, 0.25) is 0 Å². The van der Waals surface area contributed by atoms with E-state index in [1.807, 2.05) is 11.3 Å². The first-order valence-corrected chi connectivity index (χ1v) is 13.9. The first kappa shape index (κ1) is 25.5. The second kappa shape index (κ2) is 8.18. The Balaban J connectivity index is 1.71. The maximum Gasteiger partial charge on any atom is 0.494 e. The Morgan fingerprint density at radius 2 is 1.31 bits per heavy atom. The molecule has 0 aliphatic carbocycles. The SMILES string of the molecule is CC(C)(C)c1ccc2sc3c(-c4cccc(B5OC(C)(C)C(C)(C)O5)c4)cc(C(C)(C)C)cc3c2c1. The third kappa shape index (κ3) is 4.32. The van der Waals surface area contributed by atoms with Crippen molar-refractivity contribution in [3.8, 4) is 11.1 Å². The molecule has 0 amide bonds. The van der Waals surface area contributed by atoms with Gasteiger partial charge >= 0.3 is 7.12 Å². The summed E-state index contributed by atoms with van der Waals surface area (Å²) in [6, 6.07) is 20.6.